The molecule has 2 aromatic rings. The van der Waals surface area contributed by atoms with Crippen molar-refractivity contribution in [3.63, 3.8) is 0 Å². The molecule has 0 heterocycles. The molecule has 20 heavy (non-hydrogen) atoms. The second-order valence-corrected chi connectivity index (χ2v) is 5.36. The van der Waals surface area contributed by atoms with Crippen molar-refractivity contribution in [2.24, 2.45) is 0 Å². The van der Waals surface area contributed by atoms with Crippen molar-refractivity contribution in [2.75, 3.05) is 0 Å². The first-order chi connectivity index (χ1) is 9.65. The summed E-state index contributed by atoms with van der Waals surface area (Å²) in [5.74, 6) is 0.290. The largest absolute Gasteiger partial charge is 0.352 e. The molecule has 0 saturated heterocycles. The monoisotopic (exact) mass is 287 g/mol. The Hall–Kier alpha value is -1.80. The van der Waals surface area contributed by atoms with Crippen LogP contribution in [0.2, 0.25) is 5.02 Å². The predicted octanol–water partition coefficient (Wildman–Crippen LogP) is 4.15. The van der Waals surface area contributed by atoms with Gasteiger partial charge in [-0.25, -0.2) is 0 Å². The smallest absolute Gasteiger partial charge is 0.220 e. The summed E-state index contributed by atoms with van der Waals surface area (Å²) < 4.78 is 0. The zero-order valence-corrected chi connectivity index (χ0v) is 12.2. The van der Waals surface area contributed by atoms with Gasteiger partial charge in [0.2, 0.25) is 5.91 Å². The molecule has 1 atom stereocenters. The van der Waals surface area contributed by atoms with E-state index in [2.05, 4.69) is 24.4 Å². The number of hydrogen-bond donors (Lipinski definition) is 1. The Morgan fingerprint density at radius 1 is 1.10 bits per heavy atom. The van der Waals surface area contributed by atoms with E-state index in [9.17, 15) is 4.79 Å². The Morgan fingerprint density at radius 2 is 1.75 bits per heavy atom. The fourth-order valence-electron chi connectivity index (χ4n) is 2.05. The van der Waals surface area contributed by atoms with Gasteiger partial charge in [0.15, 0.2) is 0 Å². The van der Waals surface area contributed by atoms with Crippen LogP contribution in [-0.4, -0.2) is 5.91 Å². The van der Waals surface area contributed by atoms with Gasteiger partial charge in [0.05, 0.1) is 0 Å². The van der Waals surface area contributed by atoms with E-state index < -0.39 is 0 Å². The molecule has 104 valence electrons. The highest BCUT2D eigenvalue weighted by molar-refractivity contribution is 6.30. The van der Waals surface area contributed by atoms with Crippen molar-refractivity contribution in [3.05, 3.63) is 70.7 Å². The third-order valence-electron chi connectivity index (χ3n) is 3.26. The lowest BCUT2D eigenvalue weighted by atomic mass is 9.97. The minimum absolute atomic E-state index is 0.0660. The number of hydrogen-bond acceptors (Lipinski definition) is 1. The molecule has 3 heteroatoms. The van der Waals surface area contributed by atoms with Crippen molar-refractivity contribution in [3.8, 4) is 0 Å². The van der Waals surface area contributed by atoms with E-state index in [1.807, 2.05) is 42.5 Å². The van der Waals surface area contributed by atoms with Crippen LogP contribution in [0, 0.1) is 0 Å². The van der Waals surface area contributed by atoms with Crippen LogP contribution in [0.4, 0.5) is 0 Å². The van der Waals surface area contributed by atoms with Crippen LogP contribution < -0.4 is 5.32 Å². The number of rotatable bonds is 5. The Balaban J connectivity index is 1.82. The highest BCUT2D eigenvalue weighted by Crippen LogP contribution is 2.18. The molecule has 0 spiro atoms. The SMILES string of the molecule is C[C@@H](CC(=O)NCc1ccc(Cl)cc1)c1ccccc1. The quantitative estimate of drug-likeness (QED) is 0.879. The van der Waals surface area contributed by atoms with E-state index in [0.29, 0.717) is 18.0 Å². The summed E-state index contributed by atoms with van der Waals surface area (Å²) >= 11 is 5.82. The van der Waals surface area contributed by atoms with Crippen LogP contribution in [0.1, 0.15) is 30.4 Å². The molecule has 0 unspecified atom stereocenters. The van der Waals surface area contributed by atoms with E-state index in [0.717, 1.165) is 5.56 Å². The summed E-state index contributed by atoms with van der Waals surface area (Å²) in [7, 11) is 0. The molecule has 0 fully saturated rings. The maximum atomic E-state index is 11.9. The second kappa shape index (κ2) is 7.11. The zero-order chi connectivity index (χ0) is 14.4. The number of carbonyl (C=O) groups excluding carboxylic acids is 1. The van der Waals surface area contributed by atoms with Crippen molar-refractivity contribution in [1.29, 1.82) is 0 Å². The molecular weight excluding hydrogens is 270 g/mol. The van der Waals surface area contributed by atoms with Crippen molar-refractivity contribution < 1.29 is 4.79 Å². The number of halogens is 1. The van der Waals surface area contributed by atoms with E-state index in [1.165, 1.54) is 5.56 Å². The van der Waals surface area contributed by atoms with Gasteiger partial charge >= 0.3 is 0 Å². The minimum atomic E-state index is 0.0660. The molecule has 1 N–H and O–H groups in total. The average molecular weight is 288 g/mol. The van der Waals surface area contributed by atoms with Gasteiger partial charge in [-0.15, -0.1) is 0 Å². The average Bonchev–Trinajstić information content (AvgIpc) is 2.47. The van der Waals surface area contributed by atoms with Crippen molar-refractivity contribution in [2.45, 2.75) is 25.8 Å². The van der Waals surface area contributed by atoms with E-state index in [-0.39, 0.29) is 11.8 Å². The molecular formula is C17H18ClNO. The van der Waals surface area contributed by atoms with Gasteiger partial charge in [-0.2, -0.15) is 0 Å². The third-order valence-corrected chi connectivity index (χ3v) is 3.52. The molecule has 2 rings (SSSR count). The maximum Gasteiger partial charge on any atom is 0.220 e. The molecule has 0 bridgehead atoms. The van der Waals surface area contributed by atoms with Crippen LogP contribution in [0.15, 0.2) is 54.6 Å². The Kier molecular flexibility index (Phi) is 5.19. The zero-order valence-electron chi connectivity index (χ0n) is 11.5. The first-order valence-corrected chi connectivity index (χ1v) is 7.09. The third kappa shape index (κ3) is 4.39. The molecule has 2 aromatic carbocycles. The van der Waals surface area contributed by atoms with Gasteiger partial charge in [-0.1, -0.05) is 61.0 Å². The van der Waals surface area contributed by atoms with Gasteiger partial charge in [-0.3, -0.25) is 4.79 Å². The number of benzene rings is 2. The molecule has 0 aliphatic carbocycles. The van der Waals surface area contributed by atoms with E-state index >= 15 is 0 Å². The van der Waals surface area contributed by atoms with Crippen LogP contribution in [0.3, 0.4) is 0 Å². The molecule has 0 aliphatic rings. The summed E-state index contributed by atoms with van der Waals surface area (Å²) in [6.45, 7) is 2.61. The molecule has 1 amide bonds. The maximum absolute atomic E-state index is 11.9. The van der Waals surface area contributed by atoms with Gasteiger partial charge in [0, 0.05) is 18.0 Å². The topological polar surface area (TPSA) is 29.1 Å². The van der Waals surface area contributed by atoms with Gasteiger partial charge in [-0.05, 0) is 29.2 Å². The number of carbonyl (C=O) groups is 1. The van der Waals surface area contributed by atoms with Crippen LogP contribution in [0.25, 0.3) is 0 Å². The van der Waals surface area contributed by atoms with E-state index in [1.54, 1.807) is 0 Å². The normalized spacial score (nSPS) is 11.9. The number of amides is 1. The van der Waals surface area contributed by atoms with Gasteiger partial charge in [0.1, 0.15) is 0 Å². The second-order valence-electron chi connectivity index (χ2n) is 4.92. The predicted molar refractivity (Wildman–Crippen MR) is 82.8 cm³/mol. The van der Waals surface area contributed by atoms with Crippen LogP contribution in [-0.2, 0) is 11.3 Å². The van der Waals surface area contributed by atoms with Gasteiger partial charge in [0.25, 0.3) is 0 Å². The molecule has 0 aromatic heterocycles. The van der Waals surface area contributed by atoms with Crippen molar-refractivity contribution >= 4 is 17.5 Å². The lowest BCUT2D eigenvalue weighted by Crippen LogP contribution is -2.24. The summed E-state index contributed by atoms with van der Waals surface area (Å²) in [5.41, 5.74) is 2.24. The van der Waals surface area contributed by atoms with E-state index in [4.69, 9.17) is 11.6 Å². The summed E-state index contributed by atoms with van der Waals surface area (Å²) in [6.07, 6.45) is 0.498. The minimum Gasteiger partial charge on any atom is -0.352 e. The Morgan fingerprint density at radius 3 is 2.40 bits per heavy atom. The fraction of sp³-hybridized carbons (Fsp3) is 0.235. The Bertz CT molecular complexity index is 551. The molecule has 0 radical (unpaired) electrons. The van der Waals surface area contributed by atoms with Crippen LogP contribution >= 0.6 is 11.6 Å². The molecule has 0 saturated carbocycles. The fourth-order valence-corrected chi connectivity index (χ4v) is 2.18. The lowest BCUT2D eigenvalue weighted by molar-refractivity contribution is -0.121. The highest BCUT2D eigenvalue weighted by atomic mass is 35.5. The van der Waals surface area contributed by atoms with Crippen molar-refractivity contribution in [1.82, 2.24) is 5.32 Å². The summed E-state index contributed by atoms with van der Waals surface area (Å²) in [4.78, 5) is 11.9. The summed E-state index contributed by atoms with van der Waals surface area (Å²) in [5, 5.41) is 3.64. The lowest BCUT2D eigenvalue weighted by Gasteiger charge is -2.12. The number of nitrogens with one attached hydrogen (secondary N) is 1. The Labute approximate surface area is 124 Å². The first-order valence-electron chi connectivity index (χ1n) is 6.71. The standard InChI is InChI=1S/C17H18ClNO/c1-13(15-5-3-2-4-6-15)11-17(20)19-12-14-7-9-16(18)10-8-14/h2-10,13H,11-12H2,1H3,(H,19,20)/t13-/m0/s1. The summed E-state index contributed by atoms with van der Waals surface area (Å²) in [6, 6.07) is 17.6. The van der Waals surface area contributed by atoms with Gasteiger partial charge < -0.3 is 5.32 Å². The molecule has 0 aliphatic heterocycles. The molecule has 2 nitrogen and oxygen atoms in total. The first kappa shape index (κ1) is 14.6. The highest BCUT2D eigenvalue weighted by Gasteiger charge is 2.10. The van der Waals surface area contributed by atoms with Crippen LogP contribution in [0.5, 0.6) is 0 Å².